The van der Waals surface area contributed by atoms with Gasteiger partial charge >= 0.3 is 0 Å². The number of hydrogen-bond acceptors (Lipinski definition) is 4. The molecular weight excluding hydrogens is 326 g/mol. The number of anilines is 1. The molecule has 4 rings (SSSR count). The lowest BCUT2D eigenvalue weighted by Gasteiger charge is -2.24. The summed E-state index contributed by atoms with van der Waals surface area (Å²) in [6, 6.07) is 17.9. The Bertz CT molecular complexity index is 911. The van der Waals surface area contributed by atoms with Gasteiger partial charge in [0.25, 0.3) is 0 Å². The fraction of sp³-hybridized carbons (Fsp3) is 0.300. The molecule has 26 heavy (non-hydrogen) atoms. The highest BCUT2D eigenvalue weighted by Gasteiger charge is 2.30. The van der Waals surface area contributed by atoms with E-state index in [2.05, 4.69) is 20.8 Å². The summed E-state index contributed by atoms with van der Waals surface area (Å²) in [5.41, 5.74) is 2.07. The molecule has 0 spiro atoms. The quantitative estimate of drug-likeness (QED) is 0.765. The van der Waals surface area contributed by atoms with E-state index in [0.29, 0.717) is 6.04 Å². The molecule has 132 valence electrons. The van der Waals surface area contributed by atoms with Gasteiger partial charge in [0.1, 0.15) is 0 Å². The van der Waals surface area contributed by atoms with Crippen LogP contribution < -0.4 is 5.32 Å². The SMILES string of the molecule is CC(C)(C(=O)Nc1ccc(-c2nnnn2C2CC2)cc1)c1ccccc1. The summed E-state index contributed by atoms with van der Waals surface area (Å²) in [7, 11) is 0. The van der Waals surface area contributed by atoms with E-state index < -0.39 is 5.41 Å². The second-order valence-corrected chi connectivity index (χ2v) is 7.20. The van der Waals surface area contributed by atoms with Crippen LogP contribution in [0.25, 0.3) is 11.4 Å². The van der Waals surface area contributed by atoms with Gasteiger partial charge in [-0.25, -0.2) is 4.68 Å². The van der Waals surface area contributed by atoms with E-state index in [1.165, 1.54) is 0 Å². The normalized spacial score (nSPS) is 14.2. The Kier molecular flexibility index (Phi) is 4.03. The average Bonchev–Trinajstić information content (AvgIpc) is 3.40. The predicted octanol–water partition coefficient (Wildman–Crippen LogP) is 3.59. The van der Waals surface area contributed by atoms with Crippen molar-refractivity contribution in [1.82, 2.24) is 20.2 Å². The first-order valence-electron chi connectivity index (χ1n) is 8.81. The maximum Gasteiger partial charge on any atom is 0.234 e. The van der Waals surface area contributed by atoms with E-state index in [1.54, 1.807) is 0 Å². The average molecular weight is 347 g/mol. The molecule has 2 aromatic carbocycles. The maximum atomic E-state index is 12.8. The monoisotopic (exact) mass is 347 g/mol. The van der Waals surface area contributed by atoms with E-state index in [0.717, 1.165) is 35.5 Å². The van der Waals surface area contributed by atoms with Crippen LogP contribution in [0.5, 0.6) is 0 Å². The molecular formula is C20H21N5O. The largest absolute Gasteiger partial charge is 0.325 e. The molecule has 0 bridgehead atoms. The van der Waals surface area contributed by atoms with Crippen LogP contribution in [0, 0.1) is 0 Å². The Hall–Kier alpha value is -3.02. The molecule has 1 amide bonds. The number of tetrazole rings is 1. The van der Waals surface area contributed by atoms with Crippen molar-refractivity contribution < 1.29 is 4.79 Å². The number of aromatic nitrogens is 4. The molecule has 1 heterocycles. The molecule has 1 aliphatic rings. The van der Waals surface area contributed by atoms with Crippen molar-refractivity contribution in [1.29, 1.82) is 0 Å². The Morgan fingerprint density at radius 2 is 1.77 bits per heavy atom. The minimum Gasteiger partial charge on any atom is -0.325 e. The fourth-order valence-electron chi connectivity index (χ4n) is 2.92. The Balaban J connectivity index is 1.50. The van der Waals surface area contributed by atoms with Crippen LogP contribution >= 0.6 is 0 Å². The molecule has 6 nitrogen and oxygen atoms in total. The second kappa shape index (κ2) is 6.37. The van der Waals surface area contributed by atoms with Gasteiger partial charge in [0.2, 0.25) is 5.91 Å². The molecule has 1 aromatic heterocycles. The van der Waals surface area contributed by atoms with Crippen LogP contribution in [0.2, 0.25) is 0 Å². The summed E-state index contributed by atoms with van der Waals surface area (Å²) in [6.45, 7) is 3.85. The lowest BCUT2D eigenvalue weighted by Crippen LogP contribution is -2.34. The van der Waals surface area contributed by atoms with Gasteiger partial charge < -0.3 is 5.32 Å². The van der Waals surface area contributed by atoms with Gasteiger partial charge in [0.05, 0.1) is 11.5 Å². The molecule has 1 aliphatic carbocycles. The van der Waals surface area contributed by atoms with Crippen molar-refractivity contribution in [2.75, 3.05) is 5.32 Å². The number of nitrogens with one attached hydrogen (secondary N) is 1. The predicted molar refractivity (Wildman–Crippen MR) is 99.6 cm³/mol. The van der Waals surface area contributed by atoms with Crippen molar-refractivity contribution in [3.8, 4) is 11.4 Å². The first-order valence-corrected chi connectivity index (χ1v) is 8.81. The van der Waals surface area contributed by atoms with Gasteiger partial charge in [0.15, 0.2) is 5.82 Å². The summed E-state index contributed by atoms with van der Waals surface area (Å²) < 4.78 is 1.88. The number of nitrogens with zero attached hydrogens (tertiary/aromatic N) is 4. The number of benzene rings is 2. The molecule has 0 aliphatic heterocycles. The number of rotatable bonds is 5. The lowest BCUT2D eigenvalue weighted by atomic mass is 9.83. The Morgan fingerprint density at radius 3 is 2.42 bits per heavy atom. The van der Waals surface area contributed by atoms with Gasteiger partial charge in [-0.1, -0.05) is 30.3 Å². The highest BCUT2D eigenvalue weighted by molar-refractivity contribution is 5.98. The Morgan fingerprint density at radius 1 is 1.08 bits per heavy atom. The zero-order valence-electron chi connectivity index (χ0n) is 14.9. The number of carbonyl (C=O) groups excluding carboxylic acids is 1. The standard InChI is InChI=1S/C20H21N5O/c1-20(2,15-6-4-3-5-7-15)19(26)21-16-10-8-14(9-11-16)18-22-23-24-25(18)17-12-13-17/h3-11,17H,12-13H2,1-2H3,(H,21,26). The van der Waals surface area contributed by atoms with Crippen molar-refractivity contribution in [2.24, 2.45) is 0 Å². The van der Waals surface area contributed by atoms with Crippen molar-refractivity contribution >= 4 is 11.6 Å². The van der Waals surface area contributed by atoms with Gasteiger partial charge in [-0.3, -0.25) is 4.79 Å². The summed E-state index contributed by atoms with van der Waals surface area (Å²) in [6.07, 6.45) is 2.25. The van der Waals surface area contributed by atoms with Crippen LogP contribution in [0.4, 0.5) is 5.69 Å². The highest BCUT2D eigenvalue weighted by atomic mass is 16.2. The minimum atomic E-state index is -0.615. The molecule has 6 heteroatoms. The van der Waals surface area contributed by atoms with Gasteiger partial charge in [-0.15, -0.1) is 5.10 Å². The number of amides is 1. The first-order chi connectivity index (χ1) is 12.6. The van der Waals surface area contributed by atoms with E-state index in [-0.39, 0.29) is 5.91 Å². The van der Waals surface area contributed by atoms with Crippen LogP contribution in [0.3, 0.4) is 0 Å². The fourth-order valence-corrected chi connectivity index (χ4v) is 2.92. The van der Waals surface area contributed by atoms with Crippen molar-refractivity contribution in [3.63, 3.8) is 0 Å². The highest BCUT2D eigenvalue weighted by Crippen LogP contribution is 2.36. The number of hydrogen-bond donors (Lipinski definition) is 1. The second-order valence-electron chi connectivity index (χ2n) is 7.20. The molecule has 1 fully saturated rings. The van der Waals surface area contributed by atoms with Crippen LogP contribution in [-0.4, -0.2) is 26.1 Å². The van der Waals surface area contributed by atoms with Gasteiger partial charge in [-0.2, -0.15) is 0 Å². The summed E-state index contributed by atoms with van der Waals surface area (Å²) in [4.78, 5) is 12.8. The van der Waals surface area contributed by atoms with Crippen LogP contribution in [-0.2, 0) is 10.2 Å². The van der Waals surface area contributed by atoms with Crippen molar-refractivity contribution in [2.45, 2.75) is 38.1 Å². The summed E-state index contributed by atoms with van der Waals surface area (Å²) >= 11 is 0. The van der Waals surface area contributed by atoms with Crippen molar-refractivity contribution in [3.05, 3.63) is 60.2 Å². The zero-order valence-corrected chi connectivity index (χ0v) is 14.9. The van der Waals surface area contributed by atoms with E-state index in [9.17, 15) is 4.79 Å². The van der Waals surface area contributed by atoms with Gasteiger partial charge in [0, 0.05) is 11.3 Å². The van der Waals surface area contributed by atoms with E-state index in [4.69, 9.17) is 0 Å². The summed E-state index contributed by atoms with van der Waals surface area (Å²) in [5, 5.41) is 15.0. The molecule has 3 aromatic rings. The third-order valence-corrected chi connectivity index (χ3v) is 4.85. The van der Waals surface area contributed by atoms with E-state index >= 15 is 0 Å². The Labute approximate surface area is 152 Å². The topological polar surface area (TPSA) is 72.7 Å². The minimum absolute atomic E-state index is 0.0423. The van der Waals surface area contributed by atoms with E-state index in [1.807, 2.05) is 73.1 Å². The molecule has 0 radical (unpaired) electrons. The molecule has 1 saturated carbocycles. The summed E-state index contributed by atoms with van der Waals surface area (Å²) in [5.74, 6) is 0.731. The maximum absolute atomic E-state index is 12.8. The third-order valence-electron chi connectivity index (χ3n) is 4.85. The van der Waals surface area contributed by atoms with Crippen LogP contribution in [0.15, 0.2) is 54.6 Å². The molecule has 0 saturated heterocycles. The lowest BCUT2D eigenvalue weighted by molar-refractivity contribution is -0.120. The molecule has 0 atom stereocenters. The van der Waals surface area contributed by atoms with Crippen LogP contribution in [0.1, 0.15) is 38.3 Å². The molecule has 1 N–H and O–H groups in total. The smallest absolute Gasteiger partial charge is 0.234 e. The zero-order chi connectivity index (χ0) is 18.1. The first kappa shape index (κ1) is 16.4. The number of carbonyl (C=O) groups is 1. The van der Waals surface area contributed by atoms with Gasteiger partial charge in [-0.05, 0) is 66.9 Å². The molecule has 0 unspecified atom stereocenters. The third kappa shape index (κ3) is 3.10.